The molecular weight excluding hydrogens is 378 g/mol. The summed E-state index contributed by atoms with van der Waals surface area (Å²) in [5.41, 5.74) is 3.66. The van der Waals surface area contributed by atoms with E-state index in [9.17, 15) is 9.59 Å². The fourth-order valence-electron chi connectivity index (χ4n) is 4.61. The normalized spacial score (nSPS) is 19.9. The summed E-state index contributed by atoms with van der Waals surface area (Å²) >= 11 is 0. The molecule has 2 amide bonds. The minimum Gasteiger partial charge on any atom is -0.376 e. The summed E-state index contributed by atoms with van der Waals surface area (Å²) in [4.78, 5) is 30.7. The summed E-state index contributed by atoms with van der Waals surface area (Å²) < 4.78 is 5.78. The van der Waals surface area contributed by atoms with Gasteiger partial charge in [-0.15, -0.1) is 0 Å². The van der Waals surface area contributed by atoms with Gasteiger partial charge < -0.3 is 19.9 Å². The molecule has 0 radical (unpaired) electrons. The molecule has 1 aliphatic carbocycles. The Morgan fingerprint density at radius 1 is 1.10 bits per heavy atom. The first-order chi connectivity index (χ1) is 14.5. The van der Waals surface area contributed by atoms with Crippen LogP contribution in [-0.2, 0) is 11.3 Å². The van der Waals surface area contributed by atoms with Gasteiger partial charge in [0.2, 0.25) is 0 Å². The van der Waals surface area contributed by atoms with Crippen molar-refractivity contribution in [1.29, 1.82) is 0 Å². The van der Waals surface area contributed by atoms with Crippen LogP contribution in [0.3, 0.4) is 0 Å². The van der Waals surface area contributed by atoms with Crippen LogP contribution in [0.5, 0.6) is 0 Å². The van der Waals surface area contributed by atoms with Crippen molar-refractivity contribution in [2.75, 3.05) is 13.2 Å². The van der Waals surface area contributed by atoms with Crippen LogP contribution in [0.15, 0.2) is 23.0 Å². The largest absolute Gasteiger partial charge is 0.376 e. The van der Waals surface area contributed by atoms with Crippen molar-refractivity contribution in [1.82, 2.24) is 15.2 Å². The van der Waals surface area contributed by atoms with Gasteiger partial charge in [-0.3, -0.25) is 4.79 Å². The molecule has 2 fully saturated rings. The van der Waals surface area contributed by atoms with Gasteiger partial charge in [0.05, 0.1) is 12.6 Å². The number of hydrogen-bond acceptors (Lipinski definition) is 3. The smallest absolute Gasteiger partial charge is 0.318 e. The third-order valence-electron chi connectivity index (χ3n) is 6.56. The van der Waals surface area contributed by atoms with E-state index >= 15 is 0 Å². The summed E-state index contributed by atoms with van der Waals surface area (Å²) in [5.74, 6) is 0. The van der Waals surface area contributed by atoms with Crippen molar-refractivity contribution in [3.8, 4) is 0 Å². The summed E-state index contributed by atoms with van der Waals surface area (Å²) in [6.45, 7) is 5.67. The molecule has 6 nitrogen and oxygen atoms in total. The Morgan fingerprint density at radius 3 is 2.60 bits per heavy atom. The predicted octanol–water partition coefficient (Wildman–Crippen LogP) is 4.17. The highest BCUT2D eigenvalue weighted by molar-refractivity contribution is 5.81. The number of amides is 2. The molecule has 1 aromatic heterocycles. The number of carbonyl (C=O) groups is 1. The van der Waals surface area contributed by atoms with E-state index in [4.69, 9.17) is 4.74 Å². The van der Waals surface area contributed by atoms with Gasteiger partial charge in [-0.05, 0) is 74.2 Å². The minimum absolute atomic E-state index is 0.0477. The van der Waals surface area contributed by atoms with E-state index in [1.807, 2.05) is 19.1 Å². The molecule has 6 heteroatoms. The molecule has 2 aromatic rings. The summed E-state index contributed by atoms with van der Waals surface area (Å²) in [7, 11) is 0. The van der Waals surface area contributed by atoms with E-state index in [1.165, 1.54) is 24.8 Å². The van der Waals surface area contributed by atoms with E-state index in [0.29, 0.717) is 12.1 Å². The van der Waals surface area contributed by atoms with Crippen molar-refractivity contribution in [3.63, 3.8) is 0 Å². The molecule has 0 bridgehead atoms. The van der Waals surface area contributed by atoms with E-state index in [1.54, 1.807) is 4.90 Å². The number of aryl methyl sites for hydroxylation is 2. The highest BCUT2D eigenvalue weighted by Gasteiger charge is 2.25. The highest BCUT2D eigenvalue weighted by atomic mass is 16.5. The number of aromatic nitrogens is 1. The van der Waals surface area contributed by atoms with Crippen LogP contribution in [-0.4, -0.2) is 41.2 Å². The van der Waals surface area contributed by atoms with Crippen molar-refractivity contribution >= 4 is 16.9 Å². The predicted molar refractivity (Wildman–Crippen MR) is 119 cm³/mol. The number of H-pyrrole nitrogens is 1. The van der Waals surface area contributed by atoms with Gasteiger partial charge in [0.15, 0.2) is 0 Å². The van der Waals surface area contributed by atoms with Gasteiger partial charge in [-0.25, -0.2) is 4.79 Å². The van der Waals surface area contributed by atoms with Gasteiger partial charge in [-0.1, -0.05) is 19.3 Å². The van der Waals surface area contributed by atoms with Crippen molar-refractivity contribution < 1.29 is 9.53 Å². The average Bonchev–Trinajstić information content (AvgIpc) is 3.23. The van der Waals surface area contributed by atoms with Crippen molar-refractivity contribution in [2.24, 2.45) is 0 Å². The van der Waals surface area contributed by atoms with Gasteiger partial charge in [0, 0.05) is 30.3 Å². The Labute approximate surface area is 178 Å². The number of hydrogen-bond donors (Lipinski definition) is 2. The number of nitrogens with one attached hydrogen (secondary N) is 2. The number of rotatable bonds is 5. The zero-order chi connectivity index (χ0) is 21.1. The van der Waals surface area contributed by atoms with E-state index in [-0.39, 0.29) is 30.3 Å². The van der Waals surface area contributed by atoms with E-state index < -0.39 is 0 Å². The number of pyridine rings is 1. The number of urea groups is 1. The Bertz CT molecular complexity index is 956. The Morgan fingerprint density at radius 2 is 1.87 bits per heavy atom. The first-order valence-electron chi connectivity index (χ1n) is 11.3. The maximum absolute atomic E-state index is 13.1. The Kier molecular flexibility index (Phi) is 6.42. The number of nitrogens with zero attached hydrogens (tertiary/aromatic N) is 1. The standard InChI is InChI=1S/C24H33N3O3/c1-16-11-18-13-19(23(28)26-22(18)12-17(16)2)14-27(15-21-9-6-10-30-21)24(29)25-20-7-4-3-5-8-20/h11-13,20-21H,3-10,14-15H2,1-2H3,(H,25,29)(H,26,28). The van der Waals surface area contributed by atoms with Crippen molar-refractivity contribution in [2.45, 2.75) is 77.5 Å². The Hall–Kier alpha value is -2.34. The number of aromatic amines is 1. The molecule has 30 heavy (non-hydrogen) atoms. The van der Waals surface area contributed by atoms with E-state index in [2.05, 4.69) is 23.3 Å². The lowest BCUT2D eigenvalue weighted by atomic mass is 9.96. The molecule has 1 unspecified atom stereocenters. The number of fused-ring (bicyclic) bond motifs is 1. The molecule has 1 saturated carbocycles. The summed E-state index contributed by atoms with van der Waals surface area (Å²) in [6, 6.07) is 6.18. The zero-order valence-corrected chi connectivity index (χ0v) is 18.1. The molecular formula is C24H33N3O3. The first-order valence-corrected chi connectivity index (χ1v) is 11.3. The molecule has 2 N–H and O–H groups in total. The first kappa shape index (κ1) is 20.9. The number of benzene rings is 1. The van der Waals surface area contributed by atoms with Crippen LogP contribution in [0.1, 0.15) is 61.6 Å². The van der Waals surface area contributed by atoms with Crippen LogP contribution >= 0.6 is 0 Å². The lowest BCUT2D eigenvalue weighted by Crippen LogP contribution is -2.48. The molecule has 2 heterocycles. The molecule has 1 aliphatic heterocycles. The quantitative estimate of drug-likeness (QED) is 0.775. The summed E-state index contributed by atoms with van der Waals surface area (Å²) in [6.07, 6.45) is 7.68. The van der Waals surface area contributed by atoms with E-state index in [0.717, 1.165) is 48.8 Å². The third-order valence-corrected chi connectivity index (χ3v) is 6.56. The molecule has 4 rings (SSSR count). The monoisotopic (exact) mass is 411 g/mol. The van der Waals surface area contributed by atoms with Gasteiger partial charge in [0.25, 0.3) is 5.56 Å². The SMILES string of the molecule is Cc1cc2cc(CN(CC3CCCO3)C(=O)NC3CCCCC3)c(=O)[nH]c2cc1C. The average molecular weight is 412 g/mol. The number of carbonyl (C=O) groups excluding carboxylic acids is 1. The van der Waals surface area contributed by atoms with Crippen LogP contribution in [0.25, 0.3) is 10.9 Å². The Balaban J connectivity index is 1.56. The maximum Gasteiger partial charge on any atom is 0.318 e. The summed E-state index contributed by atoms with van der Waals surface area (Å²) in [5, 5.41) is 4.20. The molecule has 1 saturated heterocycles. The van der Waals surface area contributed by atoms with Crippen molar-refractivity contribution in [3.05, 3.63) is 45.2 Å². The second-order valence-electron chi connectivity index (χ2n) is 8.95. The van der Waals surface area contributed by atoms with Gasteiger partial charge >= 0.3 is 6.03 Å². The topological polar surface area (TPSA) is 74.4 Å². The maximum atomic E-state index is 13.1. The van der Waals surface area contributed by atoms with Crippen LogP contribution in [0.4, 0.5) is 4.79 Å². The molecule has 0 spiro atoms. The lowest BCUT2D eigenvalue weighted by Gasteiger charge is -2.29. The second kappa shape index (κ2) is 9.21. The zero-order valence-electron chi connectivity index (χ0n) is 18.1. The van der Waals surface area contributed by atoms with Crippen LogP contribution in [0, 0.1) is 13.8 Å². The second-order valence-corrected chi connectivity index (χ2v) is 8.95. The van der Waals surface area contributed by atoms with Gasteiger partial charge in [-0.2, -0.15) is 0 Å². The molecule has 2 aliphatic rings. The molecule has 162 valence electrons. The van der Waals surface area contributed by atoms with Crippen LogP contribution in [0.2, 0.25) is 0 Å². The van der Waals surface area contributed by atoms with Gasteiger partial charge in [0.1, 0.15) is 0 Å². The molecule has 1 aromatic carbocycles. The molecule has 1 atom stereocenters. The third kappa shape index (κ3) is 4.86. The minimum atomic E-state index is -0.131. The van der Waals surface area contributed by atoms with Crippen LogP contribution < -0.4 is 10.9 Å². The fraction of sp³-hybridized carbons (Fsp3) is 0.583. The number of ether oxygens (including phenoxy) is 1. The highest BCUT2D eigenvalue weighted by Crippen LogP contribution is 2.21. The lowest BCUT2D eigenvalue weighted by molar-refractivity contribution is 0.0784. The fourth-order valence-corrected chi connectivity index (χ4v) is 4.61.